The summed E-state index contributed by atoms with van der Waals surface area (Å²) in [6.07, 6.45) is 1.09. The monoisotopic (exact) mass is 320 g/mol. The maximum absolute atomic E-state index is 12.6. The molecule has 0 saturated heterocycles. The van der Waals surface area contributed by atoms with E-state index < -0.39 is 10.8 Å². The zero-order chi connectivity index (χ0) is 17.3. The van der Waals surface area contributed by atoms with Gasteiger partial charge >= 0.3 is 5.69 Å². The average molecular weight is 320 g/mol. The summed E-state index contributed by atoms with van der Waals surface area (Å²) in [5.41, 5.74) is 2.47. The van der Waals surface area contributed by atoms with E-state index in [2.05, 4.69) is 10.2 Å². The molecule has 2 aromatic heterocycles. The fourth-order valence-corrected chi connectivity index (χ4v) is 2.57. The van der Waals surface area contributed by atoms with Crippen molar-refractivity contribution in [1.82, 2.24) is 24.5 Å². The maximum Gasteiger partial charge on any atom is 0.320 e. The highest BCUT2D eigenvalue weighted by atomic mass is 16.6. The van der Waals surface area contributed by atoms with Gasteiger partial charge in [-0.2, -0.15) is 10.2 Å². The van der Waals surface area contributed by atoms with Crippen molar-refractivity contribution in [3.63, 3.8) is 0 Å². The van der Waals surface area contributed by atoms with Crippen LogP contribution in [0.5, 0.6) is 0 Å². The van der Waals surface area contributed by atoms with Crippen LogP contribution in [0.2, 0.25) is 0 Å². The van der Waals surface area contributed by atoms with Gasteiger partial charge in [0.05, 0.1) is 10.6 Å². The smallest absolute Gasteiger partial charge is 0.320 e. The number of aryl methyl sites for hydroxylation is 3. The first-order valence-corrected chi connectivity index (χ1v) is 7.22. The third-order valence-corrected chi connectivity index (χ3v) is 3.89. The van der Waals surface area contributed by atoms with E-state index in [0.717, 1.165) is 29.7 Å². The van der Waals surface area contributed by atoms with Gasteiger partial charge in [0.1, 0.15) is 6.20 Å². The van der Waals surface area contributed by atoms with Gasteiger partial charge in [0.25, 0.3) is 5.91 Å². The van der Waals surface area contributed by atoms with E-state index in [-0.39, 0.29) is 11.4 Å². The van der Waals surface area contributed by atoms with Crippen LogP contribution in [0, 0.1) is 24.0 Å². The van der Waals surface area contributed by atoms with Gasteiger partial charge < -0.3 is 4.90 Å². The fraction of sp³-hybridized carbons (Fsp3) is 0.500. The second-order valence-corrected chi connectivity index (χ2v) is 5.39. The summed E-state index contributed by atoms with van der Waals surface area (Å²) in [5.74, 6) is -0.445. The average Bonchev–Trinajstić information content (AvgIpc) is 3.01. The van der Waals surface area contributed by atoms with Crippen molar-refractivity contribution < 1.29 is 9.72 Å². The molecule has 0 radical (unpaired) electrons. The van der Waals surface area contributed by atoms with Crippen molar-refractivity contribution >= 4 is 11.6 Å². The van der Waals surface area contributed by atoms with Crippen molar-refractivity contribution in [2.45, 2.75) is 33.9 Å². The van der Waals surface area contributed by atoms with Gasteiger partial charge in [0.2, 0.25) is 5.69 Å². The minimum atomic E-state index is -0.598. The molecule has 23 heavy (non-hydrogen) atoms. The molecule has 0 unspecified atom stereocenters. The lowest BCUT2D eigenvalue weighted by molar-refractivity contribution is -0.385. The highest BCUT2D eigenvalue weighted by molar-refractivity contribution is 5.96. The van der Waals surface area contributed by atoms with Crippen LogP contribution >= 0.6 is 0 Å². The van der Waals surface area contributed by atoms with Crippen LogP contribution in [-0.2, 0) is 20.1 Å². The molecule has 0 aliphatic rings. The van der Waals surface area contributed by atoms with E-state index in [0.29, 0.717) is 6.54 Å². The molecule has 0 fully saturated rings. The Morgan fingerprint density at radius 3 is 2.61 bits per heavy atom. The Bertz CT molecular complexity index is 761. The molecular formula is C14H20N6O3. The van der Waals surface area contributed by atoms with Gasteiger partial charge in [0.15, 0.2) is 0 Å². The number of carbonyl (C=O) groups excluding carboxylic acids is 1. The van der Waals surface area contributed by atoms with Crippen LogP contribution in [0.25, 0.3) is 0 Å². The number of aromatic nitrogens is 4. The van der Waals surface area contributed by atoms with Gasteiger partial charge in [-0.15, -0.1) is 0 Å². The number of carbonyl (C=O) groups is 1. The molecule has 0 N–H and O–H groups in total. The van der Waals surface area contributed by atoms with Crippen LogP contribution < -0.4 is 0 Å². The van der Waals surface area contributed by atoms with E-state index >= 15 is 0 Å². The Labute approximate surface area is 133 Å². The number of nitrogens with zero attached hydrogens (tertiary/aromatic N) is 6. The lowest BCUT2D eigenvalue weighted by atomic mass is 10.2. The summed E-state index contributed by atoms with van der Waals surface area (Å²) in [6, 6.07) is 0. The summed E-state index contributed by atoms with van der Waals surface area (Å²) >= 11 is 0. The summed E-state index contributed by atoms with van der Waals surface area (Å²) in [5, 5.41) is 19.3. The van der Waals surface area contributed by atoms with Gasteiger partial charge in [-0.25, -0.2) is 0 Å². The normalized spacial score (nSPS) is 10.8. The first kappa shape index (κ1) is 16.7. The van der Waals surface area contributed by atoms with E-state index in [1.165, 1.54) is 16.6 Å². The number of hydrogen-bond acceptors (Lipinski definition) is 5. The molecule has 9 heteroatoms. The van der Waals surface area contributed by atoms with E-state index in [1.807, 2.05) is 25.5 Å². The molecule has 1 amide bonds. The van der Waals surface area contributed by atoms with Gasteiger partial charge in [-0.1, -0.05) is 0 Å². The van der Waals surface area contributed by atoms with E-state index in [1.54, 1.807) is 7.05 Å². The lowest BCUT2D eigenvalue weighted by Crippen LogP contribution is -2.29. The number of hydrogen-bond donors (Lipinski definition) is 0. The van der Waals surface area contributed by atoms with E-state index in [9.17, 15) is 14.9 Å². The molecule has 0 bridgehead atoms. The molecule has 0 aliphatic carbocycles. The minimum Gasteiger partial charge on any atom is -0.336 e. The maximum atomic E-state index is 12.6. The molecule has 0 aromatic carbocycles. The Morgan fingerprint density at radius 2 is 2.09 bits per heavy atom. The first-order valence-electron chi connectivity index (χ1n) is 7.22. The number of amides is 1. The largest absolute Gasteiger partial charge is 0.336 e. The summed E-state index contributed by atoms with van der Waals surface area (Å²) in [6.45, 7) is 6.91. The van der Waals surface area contributed by atoms with Gasteiger partial charge in [-0.3, -0.25) is 24.3 Å². The summed E-state index contributed by atoms with van der Waals surface area (Å²) in [4.78, 5) is 24.5. The molecule has 9 nitrogen and oxygen atoms in total. The predicted molar refractivity (Wildman–Crippen MR) is 83.0 cm³/mol. The van der Waals surface area contributed by atoms with Crippen LogP contribution in [0.3, 0.4) is 0 Å². The minimum absolute atomic E-state index is 0.0318. The lowest BCUT2D eigenvalue weighted by Gasteiger charge is -2.17. The molecule has 0 saturated carbocycles. The predicted octanol–water partition coefficient (Wildman–Crippen LogP) is 1.43. The zero-order valence-corrected chi connectivity index (χ0v) is 13.9. The van der Waals surface area contributed by atoms with Crippen molar-refractivity contribution in [3.05, 3.63) is 39.0 Å². The molecular weight excluding hydrogens is 300 g/mol. The number of rotatable bonds is 5. The van der Waals surface area contributed by atoms with Crippen LogP contribution in [0.1, 0.15) is 34.4 Å². The molecule has 2 aromatic rings. The Hall–Kier alpha value is -2.71. The zero-order valence-electron chi connectivity index (χ0n) is 13.9. The molecule has 0 spiro atoms. The second-order valence-electron chi connectivity index (χ2n) is 5.39. The quantitative estimate of drug-likeness (QED) is 0.613. The molecule has 0 atom stereocenters. The van der Waals surface area contributed by atoms with Crippen LogP contribution in [-0.4, -0.2) is 42.3 Å². The molecule has 2 heterocycles. The molecule has 124 valence electrons. The number of nitro groups is 1. The van der Waals surface area contributed by atoms with Gasteiger partial charge in [0, 0.05) is 38.4 Å². The third-order valence-electron chi connectivity index (χ3n) is 3.89. The second kappa shape index (κ2) is 6.19. The highest BCUT2D eigenvalue weighted by Gasteiger charge is 2.28. The highest BCUT2D eigenvalue weighted by Crippen LogP contribution is 2.21. The Kier molecular flexibility index (Phi) is 4.48. The van der Waals surface area contributed by atoms with Gasteiger partial charge in [-0.05, 0) is 20.8 Å². The van der Waals surface area contributed by atoms with Crippen molar-refractivity contribution in [1.29, 1.82) is 0 Å². The summed E-state index contributed by atoms with van der Waals surface area (Å²) < 4.78 is 3.10. The van der Waals surface area contributed by atoms with Crippen LogP contribution in [0.4, 0.5) is 5.69 Å². The van der Waals surface area contributed by atoms with Crippen molar-refractivity contribution in [3.8, 4) is 0 Å². The molecule has 2 rings (SSSR count). The Balaban J connectivity index is 2.30. The first-order chi connectivity index (χ1) is 10.8. The van der Waals surface area contributed by atoms with Crippen LogP contribution in [0.15, 0.2) is 6.20 Å². The SMILES string of the molecule is CCn1nc(C)c(CN(C)C(=O)c2c([N+](=O)[O-])cnn2C)c1C. The van der Waals surface area contributed by atoms with E-state index in [4.69, 9.17) is 0 Å². The van der Waals surface area contributed by atoms with Crippen molar-refractivity contribution in [2.24, 2.45) is 7.05 Å². The Morgan fingerprint density at radius 1 is 1.43 bits per heavy atom. The summed E-state index contributed by atoms with van der Waals surface area (Å²) in [7, 11) is 3.13. The standard InChI is InChI=1S/C14H20N6O3/c1-6-19-10(3)11(9(2)16-19)8-17(4)14(21)13-12(20(22)23)7-15-18(13)5/h7H,6,8H2,1-5H3. The fourth-order valence-electron chi connectivity index (χ4n) is 2.57. The third kappa shape index (κ3) is 2.94. The molecule has 0 aliphatic heterocycles. The van der Waals surface area contributed by atoms with Crippen molar-refractivity contribution in [2.75, 3.05) is 7.05 Å². The topological polar surface area (TPSA) is 99.1 Å².